The Morgan fingerprint density at radius 2 is 2.24 bits per heavy atom. The second-order valence-corrected chi connectivity index (χ2v) is 4.16. The van der Waals surface area contributed by atoms with Crippen LogP contribution in [0, 0.1) is 5.82 Å². The van der Waals surface area contributed by atoms with E-state index in [1.165, 1.54) is 18.1 Å². The van der Waals surface area contributed by atoms with E-state index in [0.29, 0.717) is 13.2 Å². The molecule has 0 aliphatic heterocycles. The number of aromatic carboxylic acids is 1. The maximum absolute atomic E-state index is 13.6. The van der Waals surface area contributed by atoms with Crippen LogP contribution in [-0.4, -0.2) is 48.8 Å². The van der Waals surface area contributed by atoms with Crippen molar-refractivity contribution in [2.24, 2.45) is 0 Å². The van der Waals surface area contributed by atoms with Crippen LogP contribution in [0.1, 0.15) is 10.4 Å². The van der Waals surface area contributed by atoms with Gasteiger partial charge >= 0.3 is 12.0 Å². The number of methoxy groups -OCH3 is 1. The van der Waals surface area contributed by atoms with Crippen molar-refractivity contribution in [3.8, 4) is 0 Å². The van der Waals surface area contributed by atoms with Crippen LogP contribution < -0.4 is 5.32 Å². The lowest BCUT2D eigenvalue weighted by Crippen LogP contribution is -2.37. The Kier molecular flexibility index (Phi) is 6.35. The van der Waals surface area contributed by atoms with E-state index in [-0.39, 0.29) is 17.8 Å². The summed E-state index contributed by atoms with van der Waals surface area (Å²) < 4.78 is 18.5. The molecule has 0 bridgehead atoms. The van der Waals surface area contributed by atoms with E-state index in [0.717, 1.165) is 18.2 Å². The predicted octanol–water partition coefficient (Wildman–Crippen LogP) is 2.19. The summed E-state index contributed by atoms with van der Waals surface area (Å²) in [7, 11) is 1.50. The summed E-state index contributed by atoms with van der Waals surface area (Å²) in [6.45, 7) is 4.42. The second-order valence-electron chi connectivity index (χ2n) is 4.16. The zero-order valence-electron chi connectivity index (χ0n) is 11.6. The molecule has 0 aliphatic rings. The van der Waals surface area contributed by atoms with Crippen LogP contribution in [0.4, 0.5) is 14.9 Å². The number of urea groups is 1. The van der Waals surface area contributed by atoms with Crippen molar-refractivity contribution in [3.05, 3.63) is 42.2 Å². The number of carboxylic acids is 1. The van der Waals surface area contributed by atoms with Gasteiger partial charge in [-0.05, 0) is 18.2 Å². The first-order valence-electron chi connectivity index (χ1n) is 6.18. The maximum atomic E-state index is 13.6. The number of nitrogens with one attached hydrogen (secondary N) is 1. The Morgan fingerprint density at radius 3 is 2.81 bits per heavy atom. The fourth-order valence-corrected chi connectivity index (χ4v) is 1.58. The van der Waals surface area contributed by atoms with Gasteiger partial charge in [0.25, 0.3) is 0 Å². The molecule has 0 fully saturated rings. The Morgan fingerprint density at radius 1 is 1.52 bits per heavy atom. The third-order valence-corrected chi connectivity index (χ3v) is 2.66. The van der Waals surface area contributed by atoms with Gasteiger partial charge in [-0.15, -0.1) is 6.58 Å². The third-order valence-electron chi connectivity index (χ3n) is 2.66. The molecule has 1 aromatic rings. The first kappa shape index (κ1) is 16.6. The van der Waals surface area contributed by atoms with Gasteiger partial charge < -0.3 is 20.1 Å². The van der Waals surface area contributed by atoms with Crippen LogP contribution in [-0.2, 0) is 4.74 Å². The maximum Gasteiger partial charge on any atom is 0.335 e. The number of halogens is 1. The van der Waals surface area contributed by atoms with E-state index in [4.69, 9.17) is 9.84 Å². The normalized spacial score (nSPS) is 10.0. The van der Waals surface area contributed by atoms with Crippen molar-refractivity contribution in [1.29, 1.82) is 0 Å². The zero-order chi connectivity index (χ0) is 15.8. The molecule has 0 unspecified atom stereocenters. The summed E-state index contributed by atoms with van der Waals surface area (Å²) >= 11 is 0. The Bertz CT molecular complexity index is 534. The number of ether oxygens (including phenoxy) is 1. The van der Waals surface area contributed by atoms with Crippen molar-refractivity contribution < 1.29 is 23.8 Å². The van der Waals surface area contributed by atoms with Crippen molar-refractivity contribution in [2.75, 3.05) is 32.1 Å². The largest absolute Gasteiger partial charge is 0.478 e. The van der Waals surface area contributed by atoms with Gasteiger partial charge in [-0.2, -0.15) is 0 Å². The highest BCUT2D eigenvalue weighted by Gasteiger charge is 2.15. The van der Waals surface area contributed by atoms with Crippen molar-refractivity contribution >= 4 is 17.7 Å². The van der Waals surface area contributed by atoms with E-state index < -0.39 is 17.8 Å². The Labute approximate surface area is 121 Å². The first-order valence-corrected chi connectivity index (χ1v) is 6.18. The highest BCUT2D eigenvalue weighted by Crippen LogP contribution is 2.17. The lowest BCUT2D eigenvalue weighted by molar-refractivity contribution is 0.0697. The molecule has 2 N–H and O–H groups in total. The number of anilines is 1. The average molecular weight is 296 g/mol. The minimum absolute atomic E-state index is 0.112. The van der Waals surface area contributed by atoms with Crippen molar-refractivity contribution in [3.63, 3.8) is 0 Å². The minimum Gasteiger partial charge on any atom is -0.478 e. The van der Waals surface area contributed by atoms with Crippen LogP contribution in [0.3, 0.4) is 0 Å². The van der Waals surface area contributed by atoms with Crippen LogP contribution in [0.15, 0.2) is 30.9 Å². The number of rotatable bonds is 7. The minimum atomic E-state index is -1.20. The number of amides is 2. The number of benzene rings is 1. The van der Waals surface area contributed by atoms with Gasteiger partial charge in [0.15, 0.2) is 0 Å². The second kappa shape index (κ2) is 8.01. The van der Waals surface area contributed by atoms with E-state index in [1.807, 2.05) is 0 Å². The molecule has 6 nitrogen and oxygen atoms in total. The molecule has 1 rings (SSSR count). The number of carboxylic acid groups (broad SMARTS) is 1. The molecule has 0 aliphatic carbocycles. The summed E-state index contributed by atoms with van der Waals surface area (Å²) in [6, 6.07) is 2.62. The summed E-state index contributed by atoms with van der Waals surface area (Å²) in [5.41, 5.74) is -0.301. The molecule has 21 heavy (non-hydrogen) atoms. The van der Waals surface area contributed by atoms with Gasteiger partial charge in [-0.1, -0.05) is 6.08 Å². The lowest BCUT2D eigenvalue weighted by Gasteiger charge is -2.21. The molecule has 0 atom stereocenters. The fraction of sp³-hybridized carbons (Fsp3) is 0.286. The third kappa shape index (κ3) is 4.88. The molecular weight excluding hydrogens is 279 g/mol. The van der Waals surface area contributed by atoms with E-state index in [2.05, 4.69) is 11.9 Å². The van der Waals surface area contributed by atoms with Gasteiger partial charge in [0.05, 0.1) is 17.9 Å². The fourth-order valence-electron chi connectivity index (χ4n) is 1.58. The quantitative estimate of drug-likeness (QED) is 0.756. The Balaban J connectivity index is 2.86. The molecule has 0 aromatic heterocycles. The molecule has 0 saturated heterocycles. The van der Waals surface area contributed by atoms with Gasteiger partial charge in [-0.25, -0.2) is 14.0 Å². The molecule has 2 amide bonds. The van der Waals surface area contributed by atoms with E-state index in [9.17, 15) is 14.0 Å². The highest BCUT2D eigenvalue weighted by atomic mass is 19.1. The number of carbonyl (C=O) groups excluding carboxylic acids is 1. The monoisotopic (exact) mass is 296 g/mol. The van der Waals surface area contributed by atoms with Gasteiger partial charge in [0.1, 0.15) is 5.82 Å². The highest BCUT2D eigenvalue weighted by molar-refractivity contribution is 5.93. The van der Waals surface area contributed by atoms with Gasteiger partial charge in [0.2, 0.25) is 0 Å². The van der Waals surface area contributed by atoms with Crippen LogP contribution in [0.25, 0.3) is 0 Å². The molecular formula is C14H17FN2O4. The van der Waals surface area contributed by atoms with Gasteiger partial charge in [0, 0.05) is 20.2 Å². The standard InChI is InChI=1S/C14H17FN2O4/c1-3-6-17(7-8-21-2)14(20)16-12-9-10(13(18)19)4-5-11(12)15/h3-5,9H,1,6-8H2,2H3,(H,16,20)(H,18,19). The molecule has 0 radical (unpaired) electrons. The molecule has 1 aromatic carbocycles. The summed E-state index contributed by atoms with van der Waals surface area (Å²) in [5, 5.41) is 11.2. The number of carbonyl (C=O) groups is 2. The molecule has 0 saturated carbocycles. The topological polar surface area (TPSA) is 78.9 Å². The molecule has 114 valence electrons. The predicted molar refractivity (Wildman–Crippen MR) is 76.0 cm³/mol. The zero-order valence-corrected chi connectivity index (χ0v) is 11.6. The smallest absolute Gasteiger partial charge is 0.335 e. The average Bonchev–Trinajstić information content (AvgIpc) is 2.45. The molecule has 7 heteroatoms. The summed E-state index contributed by atoms with van der Waals surface area (Å²) in [5.74, 6) is -1.91. The number of nitrogens with zero attached hydrogens (tertiary/aromatic N) is 1. The summed E-state index contributed by atoms with van der Waals surface area (Å²) in [6.07, 6.45) is 1.53. The van der Waals surface area contributed by atoms with Crippen molar-refractivity contribution in [1.82, 2.24) is 4.90 Å². The van der Waals surface area contributed by atoms with Crippen molar-refractivity contribution in [2.45, 2.75) is 0 Å². The number of hydrogen-bond acceptors (Lipinski definition) is 3. The van der Waals surface area contributed by atoms with Gasteiger partial charge in [-0.3, -0.25) is 0 Å². The van der Waals surface area contributed by atoms with Crippen LogP contribution in [0.5, 0.6) is 0 Å². The summed E-state index contributed by atoms with van der Waals surface area (Å²) in [4.78, 5) is 24.3. The van der Waals surface area contributed by atoms with Crippen LogP contribution >= 0.6 is 0 Å². The molecule has 0 spiro atoms. The SMILES string of the molecule is C=CCN(CCOC)C(=O)Nc1cc(C(=O)O)ccc1F. The molecule has 0 heterocycles. The van der Waals surface area contributed by atoms with Crippen LogP contribution in [0.2, 0.25) is 0 Å². The van der Waals surface area contributed by atoms with E-state index in [1.54, 1.807) is 0 Å². The lowest BCUT2D eigenvalue weighted by atomic mass is 10.2. The first-order chi connectivity index (χ1) is 9.99. The number of hydrogen-bond donors (Lipinski definition) is 2. The van der Waals surface area contributed by atoms with E-state index >= 15 is 0 Å². The Hall–Kier alpha value is -2.41.